The Balaban J connectivity index is 1.49. The third kappa shape index (κ3) is 4.29. The molecular weight excluding hydrogens is 390 g/mol. The highest BCUT2D eigenvalue weighted by Crippen LogP contribution is 2.41. The number of nitrogens with zero attached hydrogens (tertiary/aromatic N) is 3. The Labute approximate surface area is 185 Å². The Bertz CT molecular complexity index is 894. The zero-order chi connectivity index (χ0) is 22.2. The predicted octanol–water partition coefficient (Wildman–Crippen LogP) is 2.35. The Morgan fingerprint density at radius 2 is 2.13 bits per heavy atom. The number of carbonyl (C=O) groups excluding carboxylic acids is 1. The molecule has 7 heteroatoms. The summed E-state index contributed by atoms with van der Waals surface area (Å²) in [5.74, 6) is 0.467. The van der Waals surface area contributed by atoms with Gasteiger partial charge in [0.05, 0.1) is 0 Å². The summed E-state index contributed by atoms with van der Waals surface area (Å²) in [5, 5.41) is 15.8. The number of anilines is 2. The highest BCUT2D eigenvalue weighted by atomic mass is 16.3. The lowest BCUT2D eigenvalue weighted by Gasteiger charge is -2.50. The van der Waals surface area contributed by atoms with Crippen LogP contribution in [0.3, 0.4) is 0 Å². The Kier molecular flexibility index (Phi) is 5.99. The van der Waals surface area contributed by atoms with Crippen molar-refractivity contribution in [2.75, 3.05) is 36.5 Å². The van der Waals surface area contributed by atoms with Gasteiger partial charge in [0, 0.05) is 75.2 Å². The van der Waals surface area contributed by atoms with Crippen molar-refractivity contribution >= 4 is 17.3 Å². The molecule has 4 rings (SSSR count). The van der Waals surface area contributed by atoms with Crippen LogP contribution in [0.5, 0.6) is 0 Å². The summed E-state index contributed by atoms with van der Waals surface area (Å²) in [6, 6.07) is 6.41. The molecule has 31 heavy (non-hydrogen) atoms. The number of aliphatic hydroxyl groups excluding tert-OH is 1. The largest absolute Gasteiger partial charge is 0.396 e. The molecule has 0 saturated carbocycles. The van der Waals surface area contributed by atoms with Crippen molar-refractivity contribution in [1.82, 2.24) is 15.5 Å². The normalized spacial score (nSPS) is 23.1. The van der Waals surface area contributed by atoms with Crippen molar-refractivity contribution < 1.29 is 9.90 Å². The molecule has 1 aromatic rings. The third-order valence-corrected chi connectivity index (χ3v) is 6.57. The summed E-state index contributed by atoms with van der Waals surface area (Å²) in [5.41, 5.74) is 4.64. The Hall–Kier alpha value is -2.51. The second kappa shape index (κ2) is 8.55. The first-order valence-corrected chi connectivity index (χ1v) is 11.2. The summed E-state index contributed by atoms with van der Waals surface area (Å²) in [4.78, 5) is 19.3. The van der Waals surface area contributed by atoms with Crippen LogP contribution in [0, 0.1) is 5.92 Å². The van der Waals surface area contributed by atoms with Crippen LogP contribution < -0.4 is 20.4 Å². The lowest BCUT2D eigenvalue weighted by atomic mass is 9.98. The monoisotopic (exact) mass is 425 g/mol. The van der Waals surface area contributed by atoms with E-state index in [-0.39, 0.29) is 30.1 Å². The molecule has 1 amide bonds. The first-order chi connectivity index (χ1) is 14.8. The maximum absolute atomic E-state index is 12.8. The maximum Gasteiger partial charge on any atom is 0.227 e. The molecule has 0 spiro atoms. The van der Waals surface area contributed by atoms with Gasteiger partial charge in [0.2, 0.25) is 5.91 Å². The molecule has 1 aromatic carbocycles. The van der Waals surface area contributed by atoms with Crippen LogP contribution in [0.15, 0.2) is 42.4 Å². The Morgan fingerprint density at radius 3 is 2.84 bits per heavy atom. The quantitative estimate of drug-likeness (QED) is 0.594. The molecule has 2 atom stereocenters. The number of rotatable bonds is 8. The first-order valence-electron chi connectivity index (χ1n) is 11.2. The minimum absolute atomic E-state index is 0.124. The van der Waals surface area contributed by atoms with E-state index in [0.29, 0.717) is 12.8 Å². The van der Waals surface area contributed by atoms with Crippen LogP contribution in [-0.4, -0.2) is 54.4 Å². The lowest BCUT2D eigenvalue weighted by Crippen LogP contribution is -2.53. The van der Waals surface area contributed by atoms with Gasteiger partial charge >= 0.3 is 0 Å². The maximum atomic E-state index is 12.8. The van der Waals surface area contributed by atoms with Crippen LogP contribution in [-0.2, 0) is 11.3 Å². The average molecular weight is 426 g/mol. The summed E-state index contributed by atoms with van der Waals surface area (Å²) < 4.78 is 0. The van der Waals surface area contributed by atoms with Gasteiger partial charge in [-0.05, 0) is 62.4 Å². The van der Waals surface area contributed by atoms with E-state index < -0.39 is 0 Å². The zero-order valence-electron chi connectivity index (χ0n) is 19.1. The number of carbonyl (C=O) groups is 1. The van der Waals surface area contributed by atoms with E-state index in [1.807, 2.05) is 18.1 Å². The summed E-state index contributed by atoms with van der Waals surface area (Å²) in [7, 11) is 1.90. The van der Waals surface area contributed by atoms with Crippen molar-refractivity contribution in [3.8, 4) is 0 Å². The van der Waals surface area contributed by atoms with Crippen LogP contribution in [0.2, 0.25) is 0 Å². The minimum atomic E-state index is -0.124. The Morgan fingerprint density at radius 1 is 1.32 bits per heavy atom. The van der Waals surface area contributed by atoms with Crippen LogP contribution in [0.25, 0.3) is 0 Å². The van der Waals surface area contributed by atoms with E-state index in [4.69, 9.17) is 0 Å². The fourth-order valence-electron chi connectivity index (χ4n) is 4.81. The van der Waals surface area contributed by atoms with Crippen molar-refractivity contribution in [3.05, 3.63) is 47.9 Å². The third-order valence-electron chi connectivity index (χ3n) is 6.57. The fraction of sp³-hybridized carbons (Fsp3) is 0.542. The van der Waals surface area contributed by atoms with E-state index in [1.54, 1.807) is 0 Å². The molecule has 1 saturated heterocycles. The molecule has 1 fully saturated rings. The molecule has 0 aromatic heterocycles. The van der Waals surface area contributed by atoms with E-state index in [1.165, 1.54) is 16.8 Å². The van der Waals surface area contributed by atoms with Crippen molar-refractivity contribution in [2.24, 2.45) is 5.92 Å². The van der Waals surface area contributed by atoms with Crippen molar-refractivity contribution in [3.63, 3.8) is 0 Å². The van der Waals surface area contributed by atoms with Gasteiger partial charge in [0.15, 0.2) is 0 Å². The number of fused-ring (bicyclic) bond motifs is 2. The van der Waals surface area contributed by atoms with E-state index in [9.17, 15) is 9.90 Å². The number of hydrogen-bond acceptors (Lipinski definition) is 6. The number of nitrogens with one attached hydrogen (secondary N) is 2. The van der Waals surface area contributed by atoms with E-state index in [2.05, 4.69) is 71.8 Å². The molecule has 3 aliphatic rings. The molecule has 3 heterocycles. The summed E-state index contributed by atoms with van der Waals surface area (Å²) >= 11 is 0. The molecule has 3 aliphatic heterocycles. The lowest BCUT2D eigenvalue weighted by molar-refractivity contribution is -0.117. The highest BCUT2D eigenvalue weighted by molar-refractivity contribution is 5.96. The first kappa shape index (κ1) is 21.7. The fourth-order valence-corrected chi connectivity index (χ4v) is 4.81. The number of hydrogen-bond donors (Lipinski definition) is 3. The van der Waals surface area contributed by atoms with Gasteiger partial charge in [-0.2, -0.15) is 0 Å². The SMILES string of the molecule is CN/C=C\N1c2ccc(N3C[C@@H](CNC(C)(C)CCO)CC3=O)cc2CN2C=C(C)C21. The zero-order valence-corrected chi connectivity index (χ0v) is 19.1. The van der Waals surface area contributed by atoms with Crippen LogP contribution in [0.4, 0.5) is 11.4 Å². The molecule has 0 radical (unpaired) electrons. The molecular formula is C24H35N5O2. The predicted molar refractivity (Wildman–Crippen MR) is 124 cm³/mol. The molecule has 3 N–H and O–H groups in total. The molecule has 0 aliphatic carbocycles. The van der Waals surface area contributed by atoms with Crippen molar-refractivity contribution in [1.29, 1.82) is 0 Å². The molecule has 0 bridgehead atoms. The number of amides is 1. The standard InChI is InChI=1S/C24H35N5O2/c1-17-14-27-16-19-12-20(5-6-21(19)28(23(17)27)9-8-25-4)29-15-18(11-22(29)31)13-26-24(2,3)7-10-30/h5-6,8-9,12,14,18,23,25-26,30H,7,10-11,13,15-16H2,1-4H3/b9-8-/t18-,23?/m1/s1. The van der Waals surface area contributed by atoms with Crippen LogP contribution >= 0.6 is 0 Å². The molecule has 1 unspecified atom stereocenters. The highest BCUT2D eigenvalue weighted by Gasteiger charge is 2.38. The van der Waals surface area contributed by atoms with Crippen LogP contribution in [0.1, 0.15) is 39.2 Å². The van der Waals surface area contributed by atoms with E-state index in [0.717, 1.165) is 25.3 Å². The van der Waals surface area contributed by atoms with Gasteiger partial charge in [0.25, 0.3) is 0 Å². The second-order valence-electron chi connectivity index (χ2n) is 9.56. The molecule has 168 valence electrons. The summed E-state index contributed by atoms with van der Waals surface area (Å²) in [6.07, 6.45) is 7.78. The van der Waals surface area contributed by atoms with Gasteiger partial charge in [-0.25, -0.2) is 0 Å². The van der Waals surface area contributed by atoms with Gasteiger partial charge in [-0.3, -0.25) is 4.79 Å². The minimum Gasteiger partial charge on any atom is -0.396 e. The molecule has 7 nitrogen and oxygen atoms in total. The van der Waals surface area contributed by atoms with Crippen molar-refractivity contribution in [2.45, 2.75) is 51.9 Å². The smallest absolute Gasteiger partial charge is 0.227 e. The van der Waals surface area contributed by atoms with E-state index >= 15 is 0 Å². The summed E-state index contributed by atoms with van der Waals surface area (Å²) in [6.45, 7) is 8.88. The van der Waals surface area contributed by atoms with Gasteiger partial charge < -0.3 is 30.4 Å². The second-order valence-corrected chi connectivity index (χ2v) is 9.56. The van der Waals surface area contributed by atoms with Gasteiger partial charge in [0.1, 0.15) is 6.17 Å². The van der Waals surface area contributed by atoms with Gasteiger partial charge in [-0.15, -0.1) is 0 Å². The number of aliphatic hydroxyl groups is 1. The average Bonchev–Trinajstić information content (AvgIpc) is 3.10. The van der Waals surface area contributed by atoms with Gasteiger partial charge in [-0.1, -0.05) is 0 Å². The number of benzene rings is 1. The topological polar surface area (TPSA) is 71.1 Å².